The standard InChI is InChI=1S/C14H27N3O2S/c1-12-7-9-16(11-12)20(18,19)17-8-3-2-4-14(17)10-15-13-5-6-13/h12-15H,2-11H2,1H3. The monoisotopic (exact) mass is 301 g/mol. The lowest BCUT2D eigenvalue weighted by molar-refractivity contribution is 0.229. The van der Waals surface area contributed by atoms with Crippen LogP contribution < -0.4 is 5.32 Å². The summed E-state index contributed by atoms with van der Waals surface area (Å²) in [4.78, 5) is 0. The molecule has 116 valence electrons. The van der Waals surface area contributed by atoms with Gasteiger partial charge in [0, 0.05) is 38.3 Å². The topological polar surface area (TPSA) is 52.7 Å². The van der Waals surface area contributed by atoms with E-state index in [1.165, 1.54) is 12.8 Å². The van der Waals surface area contributed by atoms with Gasteiger partial charge >= 0.3 is 0 Å². The number of hydrogen-bond acceptors (Lipinski definition) is 3. The molecule has 3 aliphatic rings. The SMILES string of the molecule is CC1CCN(S(=O)(=O)N2CCCCC2CNC2CC2)C1. The van der Waals surface area contributed by atoms with Gasteiger partial charge in [0.15, 0.2) is 0 Å². The van der Waals surface area contributed by atoms with Crippen molar-refractivity contribution in [2.24, 2.45) is 5.92 Å². The van der Waals surface area contributed by atoms with E-state index in [9.17, 15) is 8.42 Å². The third kappa shape index (κ3) is 3.18. The molecule has 0 aromatic heterocycles. The predicted molar refractivity (Wildman–Crippen MR) is 79.6 cm³/mol. The van der Waals surface area contributed by atoms with Crippen LogP contribution in [0.1, 0.15) is 45.4 Å². The third-order valence-electron chi connectivity index (χ3n) is 4.80. The molecule has 0 radical (unpaired) electrons. The molecule has 6 heteroatoms. The average Bonchev–Trinajstić information content (AvgIpc) is 3.16. The van der Waals surface area contributed by atoms with Crippen LogP contribution in [0.5, 0.6) is 0 Å². The first kappa shape index (κ1) is 14.8. The molecule has 2 atom stereocenters. The van der Waals surface area contributed by atoms with Crippen molar-refractivity contribution in [3.05, 3.63) is 0 Å². The second-order valence-electron chi connectivity index (χ2n) is 6.70. The quantitative estimate of drug-likeness (QED) is 0.829. The summed E-state index contributed by atoms with van der Waals surface area (Å²) in [7, 11) is -3.24. The van der Waals surface area contributed by atoms with Crippen molar-refractivity contribution in [3.63, 3.8) is 0 Å². The Morgan fingerprint density at radius 1 is 1.10 bits per heavy atom. The Bertz CT molecular complexity index is 436. The summed E-state index contributed by atoms with van der Waals surface area (Å²) in [6, 6.07) is 0.804. The molecule has 2 heterocycles. The molecule has 1 N–H and O–H groups in total. The maximum Gasteiger partial charge on any atom is 0.282 e. The lowest BCUT2D eigenvalue weighted by Crippen LogP contribution is -2.53. The van der Waals surface area contributed by atoms with Gasteiger partial charge in [0.05, 0.1) is 0 Å². The summed E-state index contributed by atoms with van der Waals surface area (Å²) >= 11 is 0. The Morgan fingerprint density at radius 3 is 2.55 bits per heavy atom. The zero-order valence-corrected chi connectivity index (χ0v) is 13.2. The molecule has 0 bridgehead atoms. The molecular weight excluding hydrogens is 274 g/mol. The number of rotatable bonds is 5. The minimum atomic E-state index is -3.24. The molecule has 1 saturated carbocycles. The summed E-state index contributed by atoms with van der Waals surface area (Å²) in [5.74, 6) is 0.498. The Labute approximate surface area is 122 Å². The fraction of sp³-hybridized carbons (Fsp3) is 1.00. The van der Waals surface area contributed by atoms with E-state index in [0.29, 0.717) is 31.6 Å². The highest BCUT2D eigenvalue weighted by molar-refractivity contribution is 7.86. The van der Waals surface area contributed by atoms with E-state index >= 15 is 0 Å². The highest BCUT2D eigenvalue weighted by atomic mass is 32.2. The van der Waals surface area contributed by atoms with E-state index in [1.54, 1.807) is 8.61 Å². The Balaban J connectivity index is 1.67. The zero-order chi connectivity index (χ0) is 14.2. The van der Waals surface area contributed by atoms with Crippen LogP contribution in [0.25, 0.3) is 0 Å². The molecule has 0 spiro atoms. The van der Waals surface area contributed by atoms with Gasteiger partial charge in [-0.15, -0.1) is 0 Å². The molecule has 2 saturated heterocycles. The molecule has 1 aliphatic carbocycles. The van der Waals surface area contributed by atoms with Crippen LogP contribution in [0.3, 0.4) is 0 Å². The summed E-state index contributed by atoms with van der Waals surface area (Å²) in [6.45, 7) is 5.06. The van der Waals surface area contributed by atoms with Gasteiger partial charge in [-0.1, -0.05) is 13.3 Å². The summed E-state index contributed by atoms with van der Waals surface area (Å²) in [5.41, 5.74) is 0. The van der Waals surface area contributed by atoms with Gasteiger partial charge < -0.3 is 5.32 Å². The molecule has 20 heavy (non-hydrogen) atoms. The van der Waals surface area contributed by atoms with E-state index in [1.807, 2.05) is 0 Å². The largest absolute Gasteiger partial charge is 0.312 e. The first-order valence-corrected chi connectivity index (χ1v) is 9.47. The highest BCUT2D eigenvalue weighted by Gasteiger charge is 2.39. The normalized spacial score (nSPS) is 33.6. The van der Waals surface area contributed by atoms with Gasteiger partial charge in [0.25, 0.3) is 10.2 Å². The highest BCUT2D eigenvalue weighted by Crippen LogP contribution is 2.27. The van der Waals surface area contributed by atoms with Crippen LogP contribution in [-0.4, -0.2) is 55.3 Å². The second kappa shape index (κ2) is 5.91. The van der Waals surface area contributed by atoms with E-state index in [0.717, 1.165) is 32.2 Å². The molecule has 0 amide bonds. The maximum atomic E-state index is 12.8. The summed E-state index contributed by atoms with van der Waals surface area (Å²) in [5, 5.41) is 3.50. The minimum absolute atomic E-state index is 0.158. The molecule has 0 aromatic carbocycles. The first-order chi connectivity index (χ1) is 9.57. The van der Waals surface area contributed by atoms with Gasteiger partial charge in [-0.2, -0.15) is 17.0 Å². The Kier molecular flexibility index (Phi) is 4.36. The fourth-order valence-corrected chi connectivity index (χ4v) is 5.32. The zero-order valence-electron chi connectivity index (χ0n) is 12.4. The molecule has 2 unspecified atom stereocenters. The van der Waals surface area contributed by atoms with Crippen LogP contribution in [0.2, 0.25) is 0 Å². The number of hydrogen-bond donors (Lipinski definition) is 1. The van der Waals surface area contributed by atoms with E-state index in [-0.39, 0.29) is 6.04 Å². The Hall–Kier alpha value is -0.170. The van der Waals surface area contributed by atoms with Crippen LogP contribution in [0.15, 0.2) is 0 Å². The van der Waals surface area contributed by atoms with E-state index in [2.05, 4.69) is 12.2 Å². The third-order valence-corrected chi connectivity index (χ3v) is 6.86. The average molecular weight is 301 g/mol. The Morgan fingerprint density at radius 2 is 1.90 bits per heavy atom. The van der Waals surface area contributed by atoms with Crippen molar-refractivity contribution < 1.29 is 8.42 Å². The minimum Gasteiger partial charge on any atom is -0.312 e. The lowest BCUT2D eigenvalue weighted by Gasteiger charge is -2.37. The van der Waals surface area contributed by atoms with E-state index in [4.69, 9.17) is 0 Å². The van der Waals surface area contributed by atoms with Crippen LogP contribution in [0.4, 0.5) is 0 Å². The predicted octanol–water partition coefficient (Wildman–Crippen LogP) is 1.18. The van der Waals surface area contributed by atoms with Crippen molar-refractivity contribution >= 4 is 10.2 Å². The summed E-state index contributed by atoms with van der Waals surface area (Å²) in [6.07, 6.45) is 6.66. The van der Waals surface area contributed by atoms with Gasteiger partial charge in [-0.25, -0.2) is 0 Å². The molecule has 3 rings (SSSR count). The van der Waals surface area contributed by atoms with E-state index < -0.39 is 10.2 Å². The fourth-order valence-electron chi connectivity index (χ4n) is 3.32. The molecule has 0 aromatic rings. The van der Waals surface area contributed by atoms with Crippen molar-refractivity contribution in [1.82, 2.24) is 13.9 Å². The van der Waals surface area contributed by atoms with Crippen molar-refractivity contribution in [2.75, 3.05) is 26.2 Å². The van der Waals surface area contributed by atoms with Gasteiger partial charge in [0.2, 0.25) is 0 Å². The first-order valence-electron chi connectivity index (χ1n) is 8.07. The molecule has 5 nitrogen and oxygen atoms in total. The van der Waals surface area contributed by atoms with Gasteiger partial charge in [-0.3, -0.25) is 0 Å². The van der Waals surface area contributed by atoms with Gasteiger partial charge in [0.1, 0.15) is 0 Å². The smallest absolute Gasteiger partial charge is 0.282 e. The number of nitrogens with one attached hydrogen (secondary N) is 1. The van der Waals surface area contributed by atoms with Crippen LogP contribution >= 0.6 is 0 Å². The lowest BCUT2D eigenvalue weighted by atomic mass is 10.1. The molecular formula is C14H27N3O2S. The van der Waals surface area contributed by atoms with Crippen LogP contribution in [-0.2, 0) is 10.2 Å². The van der Waals surface area contributed by atoms with Crippen LogP contribution in [0, 0.1) is 5.92 Å². The van der Waals surface area contributed by atoms with Crippen molar-refractivity contribution in [1.29, 1.82) is 0 Å². The molecule has 2 aliphatic heterocycles. The summed E-state index contributed by atoms with van der Waals surface area (Å²) < 4.78 is 29.1. The van der Waals surface area contributed by atoms with Crippen molar-refractivity contribution in [2.45, 2.75) is 57.5 Å². The number of nitrogens with zero attached hydrogens (tertiary/aromatic N) is 2. The second-order valence-corrected chi connectivity index (χ2v) is 8.58. The number of piperidine rings is 1. The van der Waals surface area contributed by atoms with Crippen molar-refractivity contribution in [3.8, 4) is 0 Å². The van der Waals surface area contributed by atoms with Gasteiger partial charge in [-0.05, 0) is 38.0 Å². The maximum absolute atomic E-state index is 12.8. The molecule has 3 fully saturated rings.